The van der Waals surface area contributed by atoms with Gasteiger partial charge in [0.25, 0.3) is 0 Å². The lowest BCUT2D eigenvalue weighted by molar-refractivity contribution is 0.402. The highest BCUT2D eigenvalue weighted by molar-refractivity contribution is 14.0. The van der Waals surface area contributed by atoms with Crippen LogP contribution in [0.25, 0.3) is 0 Å². The number of guanidine groups is 1. The van der Waals surface area contributed by atoms with Gasteiger partial charge in [-0.1, -0.05) is 24.3 Å². The Morgan fingerprint density at radius 1 is 1.14 bits per heavy atom. The van der Waals surface area contributed by atoms with Crippen molar-refractivity contribution in [2.75, 3.05) is 39.1 Å². The number of anilines is 1. The van der Waals surface area contributed by atoms with Crippen molar-refractivity contribution in [1.29, 1.82) is 0 Å². The summed E-state index contributed by atoms with van der Waals surface area (Å²) in [5.74, 6) is 0.891. The molecule has 0 amide bonds. The highest BCUT2D eigenvalue weighted by Gasteiger charge is 2.20. The Labute approximate surface area is 190 Å². The van der Waals surface area contributed by atoms with Crippen molar-refractivity contribution in [1.82, 2.24) is 15.5 Å². The van der Waals surface area contributed by atoms with Crippen molar-refractivity contribution in [3.05, 3.63) is 52.9 Å². The Morgan fingerprint density at radius 2 is 1.82 bits per heavy atom. The predicted molar refractivity (Wildman–Crippen MR) is 132 cm³/mol. The van der Waals surface area contributed by atoms with E-state index in [1.165, 1.54) is 16.1 Å². The molecule has 0 aliphatic carbocycles. The topological polar surface area (TPSA) is 42.9 Å². The number of hydrogen-bond acceptors (Lipinski definition) is 4. The van der Waals surface area contributed by atoms with E-state index >= 15 is 0 Å². The van der Waals surface area contributed by atoms with Crippen LogP contribution in [0.2, 0.25) is 0 Å². The van der Waals surface area contributed by atoms with Gasteiger partial charge in [0.1, 0.15) is 0 Å². The van der Waals surface area contributed by atoms with Crippen LogP contribution in [0.4, 0.5) is 5.00 Å². The van der Waals surface area contributed by atoms with Crippen molar-refractivity contribution in [3.63, 3.8) is 0 Å². The second-order valence-corrected chi connectivity index (χ2v) is 8.26. The van der Waals surface area contributed by atoms with Crippen molar-refractivity contribution >= 4 is 46.3 Å². The first-order chi connectivity index (χ1) is 13.1. The summed E-state index contributed by atoms with van der Waals surface area (Å²) in [5.41, 5.74) is 2.61. The fraction of sp³-hybridized carbons (Fsp3) is 0.476. The Balaban J connectivity index is 0.00000280. The monoisotopic (exact) mass is 513 g/mol. The second-order valence-electron chi connectivity index (χ2n) is 7.34. The van der Waals surface area contributed by atoms with Crippen LogP contribution in [-0.4, -0.2) is 51.1 Å². The molecule has 0 atom stereocenters. The van der Waals surface area contributed by atoms with Crippen LogP contribution in [-0.2, 0) is 13.1 Å². The van der Waals surface area contributed by atoms with Crippen LogP contribution in [0.5, 0.6) is 0 Å². The van der Waals surface area contributed by atoms with Gasteiger partial charge in [0.15, 0.2) is 5.96 Å². The summed E-state index contributed by atoms with van der Waals surface area (Å²) < 4.78 is 0. The standard InChI is InChI=1S/C21H31N5S.HI/c1-22-21(23-15-17-6-8-18(9-7-17)16-25(2)3)24-19-10-12-26(13-11-19)20-5-4-14-27-20;/h4-9,14,19H,10-13,15-16H2,1-3H3,(H2,22,23,24);1H. The normalized spacial score (nSPS) is 15.4. The highest BCUT2D eigenvalue weighted by atomic mass is 127. The number of nitrogens with one attached hydrogen (secondary N) is 2. The van der Waals surface area contributed by atoms with Crippen LogP contribution < -0.4 is 15.5 Å². The maximum Gasteiger partial charge on any atom is 0.191 e. The molecule has 7 heteroatoms. The molecule has 1 aromatic heterocycles. The number of halogens is 1. The van der Waals surface area contributed by atoms with Crippen LogP contribution in [0.3, 0.4) is 0 Å². The van der Waals surface area contributed by atoms with Crippen molar-refractivity contribution in [3.8, 4) is 0 Å². The lowest BCUT2D eigenvalue weighted by Gasteiger charge is -2.33. The van der Waals surface area contributed by atoms with Crippen LogP contribution in [0.15, 0.2) is 46.8 Å². The Morgan fingerprint density at radius 3 is 2.39 bits per heavy atom. The van der Waals surface area contributed by atoms with E-state index in [9.17, 15) is 0 Å². The van der Waals surface area contributed by atoms with Gasteiger partial charge in [-0.25, -0.2) is 0 Å². The molecule has 28 heavy (non-hydrogen) atoms. The quantitative estimate of drug-likeness (QED) is 0.351. The fourth-order valence-electron chi connectivity index (χ4n) is 3.40. The van der Waals surface area contributed by atoms with E-state index in [0.29, 0.717) is 6.04 Å². The molecule has 2 heterocycles. The molecule has 1 aliphatic heterocycles. The minimum Gasteiger partial charge on any atom is -0.363 e. The lowest BCUT2D eigenvalue weighted by atomic mass is 10.1. The maximum atomic E-state index is 4.40. The van der Waals surface area contributed by atoms with E-state index in [-0.39, 0.29) is 24.0 Å². The lowest BCUT2D eigenvalue weighted by Crippen LogP contribution is -2.48. The largest absolute Gasteiger partial charge is 0.363 e. The van der Waals surface area contributed by atoms with E-state index in [1.54, 1.807) is 0 Å². The first-order valence-electron chi connectivity index (χ1n) is 9.62. The molecule has 0 bridgehead atoms. The van der Waals surface area contributed by atoms with Crippen molar-refractivity contribution < 1.29 is 0 Å². The van der Waals surface area contributed by atoms with E-state index in [1.807, 2.05) is 18.4 Å². The fourth-order valence-corrected chi connectivity index (χ4v) is 4.18. The van der Waals surface area contributed by atoms with Gasteiger partial charge in [0.05, 0.1) is 5.00 Å². The number of hydrogen-bond donors (Lipinski definition) is 2. The molecule has 1 aliphatic rings. The molecule has 2 aromatic rings. The van der Waals surface area contributed by atoms with Gasteiger partial charge in [-0.15, -0.1) is 35.3 Å². The van der Waals surface area contributed by atoms with Crippen molar-refractivity contribution in [2.24, 2.45) is 4.99 Å². The molecule has 0 spiro atoms. The molecule has 1 aromatic carbocycles. The number of aliphatic imine (C=N–C) groups is 1. The van der Waals surface area contributed by atoms with Gasteiger partial charge in [-0.2, -0.15) is 0 Å². The van der Waals surface area contributed by atoms with Gasteiger partial charge in [-0.3, -0.25) is 4.99 Å². The second kappa shape index (κ2) is 11.6. The summed E-state index contributed by atoms with van der Waals surface area (Å²) in [5, 5.41) is 10.6. The number of rotatable bonds is 6. The predicted octanol–water partition coefficient (Wildman–Crippen LogP) is 3.76. The van der Waals surface area contributed by atoms with Gasteiger partial charge in [0.2, 0.25) is 0 Å². The molecule has 0 saturated carbocycles. The zero-order chi connectivity index (χ0) is 19.1. The van der Waals surface area contributed by atoms with E-state index in [2.05, 4.69) is 81.3 Å². The molecule has 5 nitrogen and oxygen atoms in total. The third-order valence-corrected chi connectivity index (χ3v) is 5.79. The zero-order valence-corrected chi connectivity index (χ0v) is 20.2. The van der Waals surface area contributed by atoms with Gasteiger partial charge < -0.3 is 20.4 Å². The highest BCUT2D eigenvalue weighted by Crippen LogP contribution is 2.24. The Kier molecular flexibility index (Phi) is 9.53. The maximum absolute atomic E-state index is 4.40. The summed E-state index contributed by atoms with van der Waals surface area (Å²) >= 11 is 1.83. The van der Waals surface area contributed by atoms with E-state index in [4.69, 9.17) is 0 Å². The first kappa shape index (κ1) is 23.0. The summed E-state index contributed by atoms with van der Waals surface area (Å²) in [4.78, 5) is 9.06. The smallest absolute Gasteiger partial charge is 0.191 e. The molecule has 3 rings (SSSR count). The van der Waals surface area contributed by atoms with E-state index in [0.717, 1.165) is 45.0 Å². The SMILES string of the molecule is CN=C(NCc1ccc(CN(C)C)cc1)NC1CCN(c2cccs2)CC1.I. The third-order valence-electron chi connectivity index (χ3n) is 4.86. The number of benzene rings is 1. The van der Waals surface area contributed by atoms with Crippen molar-refractivity contribution in [2.45, 2.75) is 32.0 Å². The molecule has 1 fully saturated rings. The van der Waals surface area contributed by atoms with Gasteiger partial charge in [0, 0.05) is 39.3 Å². The van der Waals surface area contributed by atoms with Gasteiger partial charge in [-0.05, 0) is 55.6 Å². The summed E-state index contributed by atoms with van der Waals surface area (Å²) in [6.45, 7) is 3.96. The number of piperidine rings is 1. The Hall–Kier alpha value is -1.32. The summed E-state index contributed by atoms with van der Waals surface area (Å²) in [6.07, 6.45) is 2.27. The van der Waals surface area contributed by atoms with Crippen LogP contribution in [0.1, 0.15) is 24.0 Å². The summed E-state index contributed by atoms with van der Waals surface area (Å²) in [6, 6.07) is 13.6. The average Bonchev–Trinajstić information content (AvgIpc) is 3.21. The minimum absolute atomic E-state index is 0. The van der Waals surface area contributed by atoms with E-state index < -0.39 is 0 Å². The third kappa shape index (κ3) is 6.93. The number of thiophene rings is 1. The van der Waals surface area contributed by atoms with Crippen LogP contribution >= 0.6 is 35.3 Å². The molecule has 0 radical (unpaired) electrons. The number of nitrogens with zero attached hydrogens (tertiary/aromatic N) is 3. The van der Waals surface area contributed by atoms with Crippen LogP contribution in [0, 0.1) is 0 Å². The molecular weight excluding hydrogens is 481 g/mol. The molecule has 154 valence electrons. The summed E-state index contributed by atoms with van der Waals surface area (Å²) in [7, 11) is 6.03. The molecule has 1 saturated heterocycles. The molecular formula is C21H32IN5S. The zero-order valence-electron chi connectivity index (χ0n) is 17.0. The molecule has 2 N–H and O–H groups in total. The average molecular weight is 513 g/mol. The molecule has 0 unspecified atom stereocenters. The first-order valence-corrected chi connectivity index (χ1v) is 10.5. The minimum atomic E-state index is 0. The van der Waals surface area contributed by atoms with Gasteiger partial charge >= 0.3 is 0 Å². The Bertz CT molecular complexity index is 707.